The number of fused-ring (bicyclic) bond motifs is 1. The lowest BCUT2D eigenvalue weighted by Crippen LogP contribution is -2.26. The first kappa shape index (κ1) is 12.9. The molecule has 4 N–H and O–H groups in total. The van der Waals surface area contributed by atoms with Crippen molar-refractivity contribution in [2.24, 2.45) is 0 Å². The third-order valence-electron chi connectivity index (χ3n) is 2.66. The maximum atomic E-state index is 11.8. The molecular formula is C12H13N3O4. The van der Waals surface area contributed by atoms with Crippen LogP contribution in [0.5, 0.6) is 0 Å². The summed E-state index contributed by atoms with van der Waals surface area (Å²) in [6.07, 6.45) is 0. The van der Waals surface area contributed by atoms with Crippen molar-refractivity contribution in [3.8, 4) is 0 Å². The smallest absolute Gasteiger partial charge is 0.348 e. The third kappa shape index (κ3) is 2.49. The first-order chi connectivity index (χ1) is 8.88. The van der Waals surface area contributed by atoms with E-state index in [1.165, 1.54) is 13.0 Å². The number of aromatic nitrogens is 1. The third-order valence-corrected chi connectivity index (χ3v) is 2.66. The molecular weight excluding hydrogens is 250 g/mol. The molecule has 0 aliphatic carbocycles. The van der Waals surface area contributed by atoms with E-state index >= 15 is 0 Å². The van der Waals surface area contributed by atoms with E-state index in [0.717, 1.165) is 0 Å². The summed E-state index contributed by atoms with van der Waals surface area (Å²) in [6, 6.07) is 2.12. The average Bonchev–Trinajstić information content (AvgIpc) is 2.26. The maximum absolute atomic E-state index is 11.8. The Hall–Kier alpha value is -2.57. The average molecular weight is 263 g/mol. The van der Waals surface area contributed by atoms with Crippen molar-refractivity contribution in [1.82, 2.24) is 4.98 Å². The van der Waals surface area contributed by atoms with Gasteiger partial charge in [-0.15, -0.1) is 0 Å². The highest BCUT2D eigenvalue weighted by Gasteiger charge is 2.15. The van der Waals surface area contributed by atoms with Gasteiger partial charge in [0.1, 0.15) is 6.04 Å². The minimum absolute atomic E-state index is 0.141. The molecule has 0 fully saturated rings. The Morgan fingerprint density at radius 2 is 2.21 bits per heavy atom. The van der Waals surface area contributed by atoms with Gasteiger partial charge in [-0.05, 0) is 31.5 Å². The quantitative estimate of drug-likeness (QED) is 0.706. The van der Waals surface area contributed by atoms with Crippen LogP contribution in [0.2, 0.25) is 0 Å². The van der Waals surface area contributed by atoms with Gasteiger partial charge in [-0.3, -0.25) is 4.79 Å². The fourth-order valence-electron chi connectivity index (χ4n) is 1.73. The Labute approximate surface area is 108 Å². The van der Waals surface area contributed by atoms with Crippen LogP contribution in [0.25, 0.3) is 10.9 Å². The van der Waals surface area contributed by atoms with Crippen LogP contribution in [-0.2, 0) is 4.79 Å². The second-order valence-electron chi connectivity index (χ2n) is 4.24. The summed E-state index contributed by atoms with van der Waals surface area (Å²) in [5.74, 6) is -1.08. The number of carboxylic acids is 1. The van der Waals surface area contributed by atoms with Crippen molar-refractivity contribution >= 4 is 28.6 Å². The molecule has 19 heavy (non-hydrogen) atoms. The van der Waals surface area contributed by atoms with Gasteiger partial charge in [0.05, 0.1) is 10.9 Å². The first-order valence-electron chi connectivity index (χ1n) is 5.59. The van der Waals surface area contributed by atoms with Gasteiger partial charge in [-0.2, -0.15) is 4.98 Å². The van der Waals surface area contributed by atoms with Crippen LogP contribution >= 0.6 is 0 Å². The Morgan fingerprint density at radius 3 is 2.84 bits per heavy atom. The molecule has 0 amide bonds. The van der Waals surface area contributed by atoms with Crippen molar-refractivity contribution in [1.29, 1.82) is 0 Å². The number of carboxylic acid groups (broad SMARTS) is 1. The molecule has 100 valence electrons. The Bertz CT molecular complexity index is 708. The molecule has 7 heteroatoms. The fraction of sp³-hybridized carbons (Fsp3) is 0.250. The summed E-state index contributed by atoms with van der Waals surface area (Å²) in [6.45, 7) is 3.14. The number of benzene rings is 1. The summed E-state index contributed by atoms with van der Waals surface area (Å²) in [7, 11) is 0. The van der Waals surface area contributed by atoms with Crippen molar-refractivity contribution in [3.05, 3.63) is 28.1 Å². The van der Waals surface area contributed by atoms with Gasteiger partial charge in [-0.25, -0.2) is 4.79 Å². The monoisotopic (exact) mass is 263 g/mol. The lowest BCUT2D eigenvalue weighted by atomic mass is 10.1. The van der Waals surface area contributed by atoms with Gasteiger partial charge >= 0.3 is 11.6 Å². The Balaban J connectivity index is 2.56. The topological polar surface area (TPSA) is 118 Å². The second kappa shape index (κ2) is 4.60. The minimum Gasteiger partial charge on any atom is -0.480 e. The van der Waals surface area contributed by atoms with Crippen LogP contribution < -0.4 is 16.7 Å². The minimum atomic E-state index is -1.08. The van der Waals surface area contributed by atoms with Crippen LogP contribution in [-0.4, -0.2) is 22.1 Å². The maximum Gasteiger partial charge on any atom is 0.348 e. The van der Waals surface area contributed by atoms with Crippen LogP contribution in [0, 0.1) is 6.92 Å². The van der Waals surface area contributed by atoms with Crippen molar-refractivity contribution in [2.75, 3.05) is 11.1 Å². The van der Waals surface area contributed by atoms with Crippen LogP contribution in [0.3, 0.4) is 0 Å². The summed E-state index contributed by atoms with van der Waals surface area (Å²) >= 11 is 0. The number of carbonyl (C=O) groups is 1. The van der Waals surface area contributed by atoms with Gasteiger partial charge in [0.2, 0.25) is 0 Å². The predicted octanol–water partition coefficient (Wildman–Crippen LogP) is 0.964. The van der Waals surface area contributed by atoms with E-state index in [1.54, 1.807) is 13.0 Å². The molecule has 0 spiro atoms. The molecule has 0 aliphatic rings. The molecule has 0 radical (unpaired) electrons. The van der Waals surface area contributed by atoms with E-state index in [2.05, 4.69) is 10.3 Å². The summed E-state index contributed by atoms with van der Waals surface area (Å²) in [5.41, 5.74) is 6.61. The zero-order chi connectivity index (χ0) is 14.2. The van der Waals surface area contributed by atoms with Gasteiger partial charge in [0.15, 0.2) is 0 Å². The first-order valence-corrected chi connectivity index (χ1v) is 5.59. The number of anilines is 2. The van der Waals surface area contributed by atoms with Crippen LogP contribution in [0.4, 0.5) is 11.7 Å². The van der Waals surface area contributed by atoms with Gasteiger partial charge in [-0.1, -0.05) is 0 Å². The molecule has 0 saturated carbocycles. The summed E-state index contributed by atoms with van der Waals surface area (Å²) < 4.78 is 4.95. The number of nitrogen functional groups attached to an aromatic ring is 1. The molecule has 0 aliphatic heterocycles. The summed E-state index contributed by atoms with van der Waals surface area (Å²) in [5, 5.41) is 11.6. The van der Waals surface area contributed by atoms with E-state index in [1.807, 2.05) is 0 Å². The number of nitrogens with two attached hydrogens (primary N) is 1. The normalized spacial score (nSPS) is 12.3. The molecule has 1 aromatic heterocycles. The highest BCUT2D eigenvalue weighted by Crippen LogP contribution is 2.19. The number of rotatable bonds is 3. The highest BCUT2D eigenvalue weighted by atomic mass is 16.4. The SMILES string of the molecule is Cc1cc(N)cc2nc(N[C@@H](C)C(=O)O)oc(=O)c12. The number of nitrogens with zero attached hydrogens (tertiary/aromatic N) is 1. The number of hydrogen-bond acceptors (Lipinski definition) is 6. The molecule has 1 heterocycles. The zero-order valence-electron chi connectivity index (χ0n) is 10.4. The van der Waals surface area contributed by atoms with E-state index in [4.69, 9.17) is 15.3 Å². The number of hydrogen-bond donors (Lipinski definition) is 3. The van der Waals surface area contributed by atoms with E-state index in [-0.39, 0.29) is 6.01 Å². The molecule has 0 saturated heterocycles. The van der Waals surface area contributed by atoms with Crippen molar-refractivity contribution in [2.45, 2.75) is 19.9 Å². The Kier molecular flexibility index (Phi) is 3.12. The molecule has 2 aromatic rings. The van der Waals surface area contributed by atoms with E-state index in [9.17, 15) is 9.59 Å². The lowest BCUT2D eigenvalue weighted by Gasteiger charge is -2.09. The predicted molar refractivity (Wildman–Crippen MR) is 70.1 cm³/mol. The fourth-order valence-corrected chi connectivity index (χ4v) is 1.73. The number of nitrogens with one attached hydrogen (secondary N) is 1. The van der Waals surface area contributed by atoms with E-state index < -0.39 is 17.6 Å². The molecule has 1 aromatic carbocycles. The molecule has 7 nitrogen and oxygen atoms in total. The largest absolute Gasteiger partial charge is 0.480 e. The van der Waals surface area contributed by atoms with Crippen molar-refractivity contribution in [3.63, 3.8) is 0 Å². The molecule has 0 bridgehead atoms. The molecule has 2 rings (SSSR count). The molecule has 1 atom stereocenters. The molecule has 0 unspecified atom stereocenters. The lowest BCUT2D eigenvalue weighted by molar-refractivity contribution is -0.137. The van der Waals surface area contributed by atoms with Crippen LogP contribution in [0.1, 0.15) is 12.5 Å². The van der Waals surface area contributed by atoms with Gasteiger partial charge < -0.3 is 20.6 Å². The van der Waals surface area contributed by atoms with Gasteiger partial charge in [0, 0.05) is 5.69 Å². The number of aryl methyl sites for hydroxylation is 1. The zero-order valence-corrected chi connectivity index (χ0v) is 10.4. The van der Waals surface area contributed by atoms with Crippen molar-refractivity contribution < 1.29 is 14.3 Å². The summed E-state index contributed by atoms with van der Waals surface area (Å²) in [4.78, 5) is 26.6. The van der Waals surface area contributed by atoms with E-state index in [0.29, 0.717) is 22.2 Å². The second-order valence-corrected chi connectivity index (χ2v) is 4.24. The Morgan fingerprint density at radius 1 is 1.53 bits per heavy atom. The van der Waals surface area contributed by atoms with Crippen LogP contribution in [0.15, 0.2) is 21.3 Å². The highest BCUT2D eigenvalue weighted by molar-refractivity contribution is 5.85. The standard InChI is InChI=1S/C12H13N3O4/c1-5-3-7(13)4-8-9(5)11(18)19-12(15-8)14-6(2)10(16)17/h3-4,6H,13H2,1-2H3,(H,14,15)(H,16,17)/t6-/m0/s1. The number of aliphatic carboxylic acids is 1. The van der Waals surface area contributed by atoms with Gasteiger partial charge in [0.25, 0.3) is 6.01 Å².